The number of hydrogen-bond donors (Lipinski definition) is 2. The highest BCUT2D eigenvalue weighted by Crippen LogP contribution is 2.17. The molecule has 0 aliphatic carbocycles. The Kier molecular flexibility index (Phi) is 4.63. The Balaban J connectivity index is 1.66. The van der Waals surface area contributed by atoms with Crippen LogP contribution in [0.4, 0.5) is 11.5 Å². The first-order chi connectivity index (χ1) is 12.0. The Morgan fingerprint density at radius 2 is 2.00 bits per heavy atom. The van der Waals surface area contributed by atoms with Gasteiger partial charge in [0.25, 0.3) is 5.91 Å². The minimum Gasteiger partial charge on any atom is -0.365 e. The van der Waals surface area contributed by atoms with Crippen molar-refractivity contribution in [2.24, 2.45) is 0 Å². The van der Waals surface area contributed by atoms with Crippen LogP contribution in [0, 0.1) is 11.3 Å². The van der Waals surface area contributed by atoms with Crippen LogP contribution in [-0.2, 0) is 9.84 Å². The van der Waals surface area contributed by atoms with Crippen molar-refractivity contribution in [3.8, 4) is 6.07 Å². The number of rotatable bonds is 4. The summed E-state index contributed by atoms with van der Waals surface area (Å²) in [7, 11) is -2.98. The normalized spacial score (nSPS) is 18.3. The maximum absolute atomic E-state index is 12.2. The first-order valence-corrected chi connectivity index (χ1v) is 9.40. The van der Waals surface area contributed by atoms with Crippen LogP contribution >= 0.6 is 0 Å². The third-order valence-corrected chi connectivity index (χ3v) is 5.55. The fourth-order valence-corrected chi connectivity index (χ4v) is 4.20. The van der Waals surface area contributed by atoms with E-state index in [-0.39, 0.29) is 23.2 Å². The minimum absolute atomic E-state index is 0.0713. The van der Waals surface area contributed by atoms with Gasteiger partial charge in [-0.05, 0) is 30.7 Å². The molecule has 2 aromatic rings. The molecule has 1 saturated heterocycles. The predicted octanol–water partition coefficient (Wildman–Crippen LogP) is 1.20. The van der Waals surface area contributed by atoms with Gasteiger partial charge in [0.2, 0.25) is 0 Å². The number of amides is 1. The topological polar surface area (TPSA) is 125 Å². The Bertz CT molecular complexity index is 935. The van der Waals surface area contributed by atoms with E-state index in [1.165, 1.54) is 6.07 Å². The molecular weight excluding hydrogens is 342 g/mol. The molecule has 0 saturated carbocycles. The average molecular weight is 357 g/mol. The van der Waals surface area contributed by atoms with Crippen LogP contribution < -0.4 is 10.6 Å². The number of carbonyl (C=O) groups is 1. The standard InChI is InChI=1S/C16H15N5O3S/c17-9-11-3-1-2-4-13(11)19-16(22)14-5-6-15(21-20-14)18-12-7-8-25(23,24)10-12/h1-6,12H,7-8,10H2,(H,18,21)(H,19,22). The fraction of sp³-hybridized carbons (Fsp3) is 0.250. The molecule has 128 valence electrons. The van der Waals surface area contributed by atoms with Crippen molar-refractivity contribution in [1.29, 1.82) is 5.26 Å². The van der Waals surface area contributed by atoms with Gasteiger partial charge in [0.15, 0.2) is 15.5 Å². The molecule has 2 heterocycles. The lowest BCUT2D eigenvalue weighted by molar-refractivity contribution is 0.102. The molecule has 25 heavy (non-hydrogen) atoms. The quantitative estimate of drug-likeness (QED) is 0.842. The molecule has 0 radical (unpaired) electrons. The van der Waals surface area contributed by atoms with Gasteiger partial charge in [-0.25, -0.2) is 8.42 Å². The van der Waals surface area contributed by atoms with E-state index in [2.05, 4.69) is 20.8 Å². The minimum atomic E-state index is -2.98. The summed E-state index contributed by atoms with van der Waals surface area (Å²) >= 11 is 0. The van der Waals surface area contributed by atoms with Crippen molar-refractivity contribution < 1.29 is 13.2 Å². The summed E-state index contributed by atoms with van der Waals surface area (Å²) in [5.41, 5.74) is 0.844. The number of nitrogens with one attached hydrogen (secondary N) is 2. The maximum atomic E-state index is 12.2. The number of nitrogens with zero attached hydrogens (tertiary/aromatic N) is 3. The zero-order valence-electron chi connectivity index (χ0n) is 13.1. The monoisotopic (exact) mass is 357 g/mol. The molecule has 1 fully saturated rings. The SMILES string of the molecule is N#Cc1ccccc1NC(=O)c1ccc(NC2CCS(=O)(=O)C2)nn1. The Labute approximate surface area is 144 Å². The smallest absolute Gasteiger partial charge is 0.276 e. The number of hydrogen-bond acceptors (Lipinski definition) is 7. The highest BCUT2D eigenvalue weighted by Gasteiger charge is 2.28. The molecule has 8 nitrogen and oxygen atoms in total. The van der Waals surface area contributed by atoms with Crippen LogP contribution in [0.25, 0.3) is 0 Å². The number of benzene rings is 1. The number of carbonyl (C=O) groups excluding carboxylic acids is 1. The van der Waals surface area contributed by atoms with Gasteiger partial charge in [-0.3, -0.25) is 4.79 Å². The molecular formula is C16H15N5O3S. The van der Waals surface area contributed by atoms with Crippen LogP contribution in [0.2, 0.25) is 0 Å². The van der Waals surface area contributed by atoms with Crippen LogP contribution in [0.3, 0.4) is 0 Å². The van der Waals surface area contributed by atoms with E-state index in [0.717, 1.165) is 0 Å². The maximum Gasteiger partial charge on any atom is 0.276 e. The Hall–Kier alpha value is -2.99. The van der Waals surface area contributed by atoms with Gasteiger partial charge in [-0.1, -0.05) is 12.1 Å². The van der Waals surface area contributed by atoms with Gasteiger partial charge in [0.1, 0.15) is 11.9 Å². The van der Waals surface area contributed by atoms with Crippen LogP contribution in [0.5, 0.6) is 0 Å². The van der Waals surface area contributed by atoms with Crippen LogP contribution in [0.15, 0.2) is 36.4 Å². The second-order valence-electron chi connectivity index (χ2n) is 5.66. The molecule has 1 aromatic carbocycles. The van der Waals surface area contributed by atoms with E-state index in [4.69, 9.17) is 5.26 Å². The molecule has 1 aliphatic rings. The predicted molar refractivity (Wildman–Crippen MR) is 91.8 cm³/mol. The Morgan fingerprint density at radius 3 is 2.64 bits per heavy atom. The summed E-state index contributed by atoms with van der Waals surface area (Å²) < 4.78 is 22.9. The zero-order chi connectivity index (χ0) is 17.9. The molecule has 2 N–H and O–H groups in total. The van der Waals surface area contributed by atoms with Gasteiger partial charge in [-0.2, -0.15) is 5.26 Å². The van der Waals surface area contributed by atoms with E-state index in [1.807, 2.05) is 6.07 Å². The summed E-state index contributed by atoms with van der Waals surface area (Å²) in [6, 6.07) is 11.5. The van der Waals surface area contributed by atoms with Gasteiger partial charge in [0.05, 0.1) is 22.8 Å². The third-order valence-electron chi connectivity index (χ3n) is 3.78. The van der Waals surface area contributed by atoms with Crippen molar-refractivity contribution in [3.63, 3.8) is 0 Å². The summed E-state index contributed by atoms with van der Waals surface area (Å²) in [6.07, 6.45) is 0.525. The largest absolute Gasteiger partial charge is 0.365 e. The lowest BCUT2D eigenvalue weighted by Gasteiger charge is -2.11. The molecule has 9 heteroatoms. The lowest BCUT2D eigenvalue weighted by Crippen LogP contribution is -2.22. The van der Waals surface area contributed by atoms with Crippen molar-refractivity contribution in [2.45, 2.75) is 12.5 Å². The number of aromatic nitrogens is 2. The summed E-state index contributed by atoms with van der Waals surface area (Å²) in [4.78, 5) is 12.2. The molecule has 1 aliphatic heterocycles. The van der Waals surface area contributed by atoms with Crippen molar-refractivity contribution in [3.05, 3.63) is 47.7 Å². The first kappa shape index (κ1) is 16.9. The van der Waals surface area contributed by atoms with Gasteiger partial charge in [0, 0.05) is 6.04 Å². The van der Waals surface area contributed by atoms with Crippen LogP contribution in [-0.4, -0.2) is 42.1 Å². The summed E-state index contributed by atoms with van der Waals surface area (Å²) in [5.74, 6) is 0.167. The highest BCUT2D eigenvalue weighted by atomic mass is 32.2. The average Bonchev–Trinajstić information content (AvgIpc) is 2.94. The first-order valence-electron chi connectivity index (χ1n) is 7.58. The highest BCUT2D eigenvalue weighted by molar-refractivity contribution is 7.91. The number of sulfone groups is 1. The zero-order valence-corrected chi connectivity index (χ0v) is 14.0. The lowest BCUT2D eigenvalue weighted by atomic mass is 10.2. The molecule has 1 atom stereocenters. The van der Waals surface area contributed by atoms with E-state index >= 15 is 0 Å². The van der Waals surface area contributed by atoms with Crippen LogP contribution in [0.1, 0.15) is 22.5 Å². The van der Waals surface area contributed by atoms with Gasteiger partial charge in [-0.15, -0.1) is 10.2 Å². The molecule has 1 amide bonds. The van der Waals surface area contributed by atoms with E-state index in [9.17, 15) is 13.2 Å². The second kappa shape index (κ2) is 6.86. The Morgan fingerprint density at radius 1 is 1.20 bits per heavy atom. The molecule has 3 rings (SSSR count). The number of nitriles is 1. The van der Waals surface area contributed by atoms with Gasteiger partial charge >= 0.3 is 0 Å². The van der Waals surface area contributed by atoms with Crippen molar-refractivity contribution in [1.82, 2.24) is 10.2 Å². The molecule has 1 unspecified atom stereocenters. The molecule has 0 spiro atoms. The van der Waals surface area contributed by atoms with Crippen molar-refractivity contribution in [2.75, 3.05) is 22.1 Å². The second-order valence-corrected chi connectivity index (χ2v) is 7.89. The van der Waals surface area contributed by atoms with E-state index < -0.39 is 15.7 Å². The third kappa shape index (κ3) is 4.10. The van der Waals surface area contributed by atoms with E-state index in [1.54, 1.807) is 30.3 Å². The summed E-state index contributed by atoms with van der Waals surface area (Å²) in [6.45, 7) is 0. The molecule has 0 bridgehead atoms. The van der Waals surface area contributed by atoms with E-state index in [0.29, 0.717) is 23.5 Å². The number of anilines is 2. The van der Waals surface area contributed by atoms with Crippen molar-refractivity contribution >= 4 is 27.2 Å². The fourth-order valence-electron chi connectivity index (χ4n) is 2.52. The van der Waals surface area contributed by atoms with Gasteiger partial charge < -0.3 is 10.6 Å². The number of para-hydroxylation sites is 1. The molecule has 1 aromatic heterocycles. The summed E-state index contributed by atoms with van der Waals surface area (Å²) in [5, 5.41) is 22.4.